The largest absolute Gasteiger partial charge is 0.557 e. The molecule has 0 amide bonds. The van der Waals surface area contributed by atoms with Gasteiger partial charge in [0.15, 0.2) is 0 Å². The fourth-order valence-electron chi connectivity index (χ4n) is 7.32. The molecule has 57 heavy (non-hydrogen) atoms. The van der Waals surface area contributed by atoms with Crippen molar-refractivity contribution in [3.05, 3.63) is 223 Å². The Kier molecular flexibility index (Phi) is 11.1. The number of furan rings is 1. The van der Waals surface area contributed by atoms with Gasteiger partial charge < -0.3 is 14.0 Å². The SMILES string of the molecule is Cc1cc(-c2ccccc2)c(-n2c(-c3[c-]oc4ccc(Cc5ccccc5)cc34)nc3ccccc32)c(-c2ccccc2)c1.[Ir].[c-]1ccccc1-c1ccccn1. The number of aryl methyl sites for hydroxylation is 1. The van der Waals surface area contributed by atoms with E-state index in [4.69, 9.17) is 9.40 Å². The molecule has 10 rings (SSSR count). The van der Waals surface area contributed by atoms with Crippen LogP contribution in [0.2, 0.25) is 0 Å². The molecule has 5 heteroatoms. The van der Waals surface area contributed by atoms with E-state index >= 15 is 0 Å². The number of benzene rings is 7. The first-order valence-corrected chi connectivity index (χ1v) is 18.8. The average Bonchev–Trinajstić information content (AvgIpc) is 3.86. The summed E-state index contributed by atoms with van der Waals surface area (Å²) < 4.78 is 8.38. The first kappa shape index (κ1) is 37.3. The molecule has 7 aromatic carbocycles. The number of imidazole rings is 1. The fourth-order valence-corrected chi connectivity index (χ4v) is 7.32. The van der Waals surface area contributed by atoms with Crippen LogP contribution in [0.5, 0.6) is 0 Å². The molecule has 3 heterocycles. The van der Waals surface area contributed by atoms with Crippen molar-refractivity contribution in [3.63, 3.8) is 0 Å². The second-order valence-corrected chi connectivity index (χ2v) is 13.8. The van der Waals surface area contributed by atoms with Crippen LogP contribution in [0.25, 0.3) is 72.6 Å². The summed E-state index contributed by atoms with van der Waals surface area (Å²) in [6.07, 6.45) is 5.89. The summed E-state index contributed by atoms with van der Waals surface area (Å²) >= 11 is 0. The molecule has 0 aliphatic carbocycles. The number of hydrogen-bond donors (Lipinski definition) is 0. The van der Waals surface area contributed by atoms with E-state index in [-0.39, 0.29) is 20.1 Å². The van der Waals surface area contributed by atoms with Crippen LogP contribution in [0.4, 0.5) is 0 Å². The van der Waals surface area contributed by atoms with Gasteiger partial charge in [-0.2, -0.15) is 0 Å². The van der Waals surface area contributed by atoms with Crippen molar-refractivity contribution in [2.24, 2.45) is 0 Å². The summed E-state index contributed by atoms with van der Waals surface area (Å²) in [6.45, 7) is 2.17. The van der Waals surface area contributed by atoms with Crippen LogP contribution >= 0.6 is 0 Å². The molecule has 277 valence electrons. The molecule has 4 nitrogen and oxygen atoms in total. The third-order valence-corrected chi connectivity index (χ3v) is 9.91. The molecule has 0 unspecified atom stereocenters. The number of rotatable bonds is 7. The number of hydrogen-bond acceptors (Lipinski definition) is 3. The van der Waals surface area contributed by atoms with E-state index in [1.54, 1.807) is 6.20 Å². The molecule has 0 bridgehead atoms. The third-order valence-electron chi connectivity index (χ3n) is 9.91. The molecule has 0 spiro atoms. The van der Waals surface area contributed by atoms with Crippen molar-refractivity contribution >= 4 is 22.0 Å². The van der Waals surface area contributed by atoms with Crippen LogP contribution < -0.4 is 0 Å². The van der Waals surface area contributed by atoms with Crippen LogP contribution in [0, 0.1) is 19.3 Å². The van der Waals surface area contributed by atoms with Crippen LogP contribution in [0.3, 0.4) is 0 Å². The second kappa shape index (κ2) is 17.0. The van der Waals surface area contributed by atoms with Crippen LogP contribution in [-0.4, -0.2) is 14.5 Å². The molecule has 0 aliphatic heterocycles. The van der Waals surface area contributed by atoms with Crippen molar-refractivity contribution in [3.8, 4) is 50.6 Å². The van der Waals surface area contributed by atoms with E-state index < -0.39 is 0 Å². The Bertz CT molecular complexity index is 2770. The maximum Gasteiger partial charge on any atom is 0.0774 e. The molecule has 0 aliphatic rings. The maximum atomic E-state index is 6.07. The summed E-state index contributed by atoms with van der Waals surface area (Å²) in [4.78, 5) is 9.48. The molecule has 10 aromatic rings. The van der Waals surface area contributed by atoms with Gasteiger partial charge in [-0.25, -0.2) is 0 Å². The van der Waals surface area contributed by atoms with Crippen LogP contribution in [0.1, 0.15) is 16.7 Å². The molecule has 3 aromatic heterocycles. The average molecular weight is 912 g/mol. The normalized spacial score (nSPS) is 10.8. The second-order valence-electron chi connectivity index (χ2n) is 13.8. The summed E-state index contributed by atoms with van der Waals surface area (Å²) in [6, 6.07) is 68.0. The summed E-state index contributed by atoms with van der Waals surface area (Å²) in [5.74, 6) is 0.806. The first-order chi connectivity index (χ1) is 27.7. The van der Waals surface area contributed by atoms with E-state index in [0.717, 1.165) is 79.0 Å². The smallest absolute Gasteiger partial charge is 0.0774 e. The quantitative estimate of drug-likeness (QED) is 0.150. The Labute approximate surface area is 346 Å². The first-order valence-electron chi connectivity index (χ1n) is 18.8. The Morgan fingerprint density at radius 3 is 1.93 bits per heavy atom. The van der Waals surface area contributed by atoms with Crippen LogP contribution in [0.15, 0.2) is 199 Å². The topological polar surface area (TPSA) is 43.9 Å². The Morgan fingerprint density at radius 1 is 0.614 bits per heavy atom. The van der Waals surface area contributed by atoms with Gasteiger partial charge in [0, 0.05) is 49.3 Å². The number of fused-ring (bicyclic) bond motifs is 2. The van der Waals surface area contributed by atoms with Crippen molar-refractivity contribution in [1.29, 1.82) is 0 Å². The minimum atomic E-state index is 0. The van der Waals surface area contributed by atoms with Gasteiger partial charge >= 0.3 is 0 Å². The standard InChI is InChI=1S/C41H29N2O.C11H8N.Ir/c1-28-23-33(31-15-7-3-8-16-31)40(34(24-28)32-17-9-4-10-18-32)43-38-20-12-11-19-37(38)42-41(43)36-27-44-39-22-21-30(26-35(36)39)25-29-13-5-2-6-14-29;1-2-6-10(7-3-1)11-8-4-5-9-12-11;/h2-24,26H,25H2,1H3;1-6,8-9H;/q2*-1;. The van der Waals surface area contributed by atoms with Gasteiger partial charge in [-0.1, -0.05) is 150 Å². The van der Waals surface area contributed by atoms with Gasteiger partial charge in [0.05, 0.1) is 22.5 Å². The number of pyridine rings is 1. The predicted octanol–water partition coefficient (Wildman–Crippen LogP) is 13.0. The van der Waals surface area contributed by atoms with Crippen molar-refractivity contribution < 1.29 is 24.5 Å². The molecule has 0 atom stereocenters. The van der Waals surface area contributed by atoms with E-state index in [1.807, 2.05) is 48.5 Å². The monoisotopic (exact) mass is 912 g/mol. The summed E-state index contributed by atoms with van der Waals surface area (Å²) in [5, 5.41) is 1.00. The van der Waals surface area contributed by atoms with Crippen molar-refractivity contribution in [1.82, 2.24) is 14.5 Å². The molecular weight excluding hydrogens is 875 g/mol. The summed E-state index contributed by atoms with van der Waals surface area (Å²) in [7, 11) is 0. The van der Waals surface area contributed by atoms with Gasteiger partial charge in [-0.05, 0) is 71.6 Å². The van der Waals surface area contributed by atoms with Gasteiger partial charge in [0.2, 0.25) is 0 Å². The molecule has 0 fully saturated rings. The maximum absolute atomic E-state index is 6.07. The van der Waals surface area contributed by atoms with Gasteiger partial charge in [-0.3, -0.25) is 4.98 Å². The molecule has 0 saturated heterocycles. The predicted molar refractivity (Wildman–Crippen MR) is 228 cm³/mol. The zero-order chi connectivity index (χ0) is 37.7. The molecule has 1 radical (unpaired) electrons. The Hall–Kier alpha value is -6.65. The van der Waals surface area contributed by atoms with Gasteiger partial charge in [0.25, 0.3) is 0 Å². The third kappa shape index (κ3) is 7.90. The van der Waals surface area contributed by atoms with E-state index in [2.05, 4.69) is 168 Å². The Balaban J connectivity index is 0.000000300. The zero-order valence-electron chi connectivity index (χ0n) is 31.3. The molecule has 0 saturated carbocycles. The van der Waals surface area contributed by atoms with Gasteiger partial charge in [-0.15, -0.1) is 35.9 Å². The van der Waals surface area contributed by atoms with E-state index in [9.17, 15) is 0 Å². The minimum Gasteiger partial charge on any atom is -0.557 e. The number of nitrogens with zero attached hydrogens (tertiary/aromatic N) is 3. The molecular formula is C52H37IrN3O-2. The Morgan fingerprint density at radius 2 is 1.26 bits per heavy atom. The van der Waals surface area contributed by atoms with Gasteiger partial charge in [0.1, 0.15) is 0 Å². The molecule has 0 N–H and O–H groups in total. The minimum absolute atomic E-state index is 0. The van der Waals surface area contributed by atoms with E-state index in [1.165, 1.54) is 16.7 Å². The van der Waals surface area contributed by atoms with Crippen molar-refractivity contribution in [2.75, 3.05) is 0 Å². The van der Waals surface area contributed by atoms with Crippen molar-refractivity contribution in [2.45, 2.75) is 13.3 Å². The zero-order valence-corrected chi connectivity index (χ0v) is 33.7. The van der Waals surface area contributed by atoms with E-state index in [0.29, 0.717) is 0 Å². The van der Waals surface area contributed by atoms with Crippen LogP contribution in [-0.2, 0) is 26.5 Å². The fraction of sp³-hybridized carbons (Fsp3) is 0.0385. The summed E-state index contributed by atoms with van der Waals surface area (Å²) in [5.41, 5.74) is 15.0. The number of para-hydroxylation sites is 2. The number of aromatic nitrogens is 3.